The Balaban J connectivity index is 0.000000119. The second kappa shape index (κ2) is 34.6. The average molecular weight is 1760 g/mol. The molecule has 0 saturated heterocycles. The lowest BCUT2D eigenvalue weighted by atomic mass is 9.94. The molecule has 4 fully saturated rings. The van der Waals surface area contributed by atoms with Gasteiger partial charge >= 0.3 is 23.9 Å². The molecule has 4 heterocycles. The van der Waals surface area contributed by atoms with Crippen LogP contribution in [0.15, 0.2) is 249 Å². The Bertz CT molecular complexity index is 6670. The Morgan fingerprint density at radius 3 is 0.677 bits per heavy atom. The highest BCUT2D eigenvalue weighted by molar-refractivity contribution is 7.23. The van der Waals surface area contributed by atoms with Crippen molar-refractivity contribution in [1.29, 1.82) is 0 Å². The molecule has 16 aromatic rings. The highest BCUT2D eigenvalue weighted by atomic mass is 32.1. The summed E-state index contributed by atoms with van der Waals surface area (Å²) in [6, 6.07) is 77.3. The molecule has 8 atom stereocenters. The number of fused-ring (bicyclic) bond motifs is 4. The number of benzene rings is 12. The van der Waals surface area contributed by atoms with Gasteiger partial charge in [-0.05, 0) is 237 Å². The molecule has 20 rings (SSSR count). The van der Waals surface area contributed by atoms with Gasteiger partial charge in [0.15, 0.2) is 0 Å². The van der Waals surface area contributed by atoms with E-state index in [-0.39, 0.29) is 93.5 Å². The molecule has 634 valence electrons. The number of hydrogen-bond acceptors (Lipinski definition) is 16. The van der Waals surface area contributed by atoms with Gasteiger partial charge in [-0.15, -0.1) is 45.3 Å². The minimum atomic E-state index is -0.746. The number of aliphatic carboxylic acids is 4. The monoisotopic (exact) mass is 1750 g/mol. The van der Waals surface area contributed by atoms with Crippen LogP contribution in [0.1, 0.15) is 171 Å². The van der Waals surface area contributed by atoms with Crippen LogP contribution < -0.4 is 0 Å². The Labute approximate surface area is 747 Å². The molecule has 8 N–H and O–H groups in total. The zero-order valence-corrected chi connectivity index (χ0v) is 73.4. The molecule has 0 aliphatic heterocycles. The summed E-state index contributed by atoms with van der Waals surface area (Å²) in [5.41, 5.74) is 20.8. The number of thiophene rings is 4. The molecule has 4 aliphatic rings. The number of aryl methyl sites for hydroxylation is 7. The molecule has 12 aromatic carbocycles. The van der Waals surface area contributed by atoms with Crippen molar-refractivity contribution in [3.63, 3.8) is 0 Å². The third kappa shape index (κ3) is 17.4. The number of hydrogen-bond donors (Lipinski definition) is 8. The van der Waals surface area contributed by atoms with Crippen molar-refractivity contribution in [3.8, 4) is 67.5 Å². The van der Waals surface area contributed by atoms with Crippen LogP contribution in [-0.4, -0.2) is 87.9 Å². The van der Waals surface area contributed by atoms with Crippen molar-refractivity contribution < 1.29 is 79.2 Å². The number of rotatable bonds is 20. The van der Waals surface area contributed by atoms with E-state index in [0.717, 1.165) is 146 Å². The molecule has 16 nitrogen and oxygen atoms in total. The van der Waals surface area contributed by atoms with Crippen molar-refractivity contribution >= 4 is 133 Å². The molecule has 20 heteroatoms. The number of carbonyl (C=O) groups is 8. The van der Waals surface area contributed by atoms with E-state index in [9.17, 15) is 79.2 Å². The van der Waals surface area contributed by atoms with Gasteiger partial charge in [-0.3, -0.25) is 38.4 Å². The highest BCUT2D eigenvalue weighted by Crippen LogP contribution is 2.54. The molecule has 8 unspecified atom stereocenters. The number of aromatic hydroxyl groups is 4. The van der Waals surface area contributed by atoms with Crippen LogP contribution in [0.2, 0.25) is 0 Å². The summed E-state index contributed by atoms with van der Waals surface area (Å²) in [6.45, 7) is 13.8. The van der Waals surface area contributed by atoms with Gasteiger partial charge in [0.1, 0.15) is 23.0 Å². The maximum absolute atomic E-state index is 13.6. The van der Waals surface area contributed by atoms with Crippen LogP contribution >= 0.6 is 45.3 Å². The number of carboxylic acids is 4. The molecule has 0 radical (unpaired) electrons. The van der Waals surface area contributed by atoms with Gasteiger partial charge in [-0.1, -0.05) is 193 Å². The molecule has 4 aromatic heterocycles. The SMILES string of the molecule is Cc1ccc(C(=O)c2sc3cc(O)ccc3c2-c2ccc(C3CC3C(=O)O)cc2)c(C)c1.Cc1ccc(C(=O)c2sc3cc(O)ccc3c2-c2ccc(C3CC3C(=O)O)cc2)c(C)c1.Cc1ccc(C(=O)c2sc3cc(O)ccc3c2-c2ccc(C3CC3C(=O)O)cc2)c(C)c1.Cc1ccccc1C(=O)c1sc2cc(O)ccc2c1-c1ccc(C2CC2C(=O)O)cc1. The second-order valence-corrected chi connectivity index (χ2v) is 37.9. The summed E-state index contributed by atoms with van der Waals surface area (Å²) in [4.78, 5) is 102. The van der Waals surface area contributed by atoms with Gasteiger partial charge in [0, 0.05) is 84.9 Å². The fraction of sp³-hybridized carbons (Fsp3) is 0.178. The van der Waals surface area contributed by atoms with E-state index < -0.39 is 23.9 Å². The van der Waals surface area contributed by atoms with E-state index in [0.29, 0.717) is 67.4 Å². The van der Waals surface area contributed by atoms with E-state index in [4.69, 9.17) is 0 Å². The van der Waals surface area contributed by atoms with Crippen LogP contribution in [0.25, 0.3) is 84.9 Å². The van der Waals surface area contributed by atoms with Gasteiger partial charge in [0.25, 0.3) is 0 Å². The van der Waals surface area contributed by atoms with Crippen LogP contribution in [0.4, 0.5) is 0 Å². The van der Waals surface area contributed by atoms with Crippen LogP contribution in [0.3, 0.4) is 0 Å². The Morgan fingerprint density at radius 1 is 0.252 bits per heavy atom. The first-order chi connectivity index (χ1) is 60.9. The molecule has 4 aliphatic carbocycles. The maximum atomic E-state index is 13.6. The summed E-state index contributed by atoms with van der Waals surface area (Å²) in [6.07, 6.45) is 2.69. The Hall–Kier alpha value is -13.8. The minimum Gasteiger partial charge on any atom is -0.508 e. The van der Waals surface area contributed by atoms with E-state index in [1.165, 1.54) is 45.3 Å². The van der Waals surface area contributed by atoms with Gasteiger partial charge in [-0.2, -0.15) is 0 Å². The topological polar surface area (TPSA) is 298 Å². The lowest BCUT2D eigenvalue weighted by Gasteiger charge is -2.09. The normalized spacial score (nSPS) is 17.5. The van der Waals surface area contributed by atoms with Gasteiger partial charge in [0.05, 0.1) is 43.2 Å². The summed E-state index contributed by atoms with van der Waals surface area (Å²) in [5, 5.41) is 80.4. The predicted molar refractivity (Wildman–Crippen MR) is 502 cm³/mol. The van der Waals surface area contributed by atoms with E-state index in [1.807, 2.05) is 249 Å². The molecule has 4 saturated carbocycles. The molecular formula is C107H86O16S4. The van der Waals surface area contributed by atoms with Gasteiger partial charge in [0.2, 0.25) is 23.1 Å². The molecule has 0 spiro atoms. The number of carboxylic acid groups (broad SMARTS) is 4. The Morgan fingerprint density at radius 2 is 0.472 bits per heavy atom. The number of carbonyl (C=O) groups excluding carboxylic acids is 4. The zero-order valence-electron chi connectivity index (χ0n) is 70.1. The lowest BCUT2D eigenvalue weighted by molar-refractivity contribution is -0.139. The van der Waals surface area contributed by atoms with Crippen molar-refractivity contribution in [2.45, 2.75) is 97.8 Å². The van der Waals surface area contributed by atoms with Crippen molar-refractivity contribution in [2.75, 3.05) is 0 Å². The zero-order chi connectivity index (χ0) is 89.4. The summed E-state index contributed by atoms with van der Waals surface area (Å²) < 4.78 is 3.41. The second-order valence-electron chi connectivity index (χ2n) is 33.7. The first-order valence-electron chi connectivity index (χ1n) is 41.7. The van der Waals surface area contributed by atoms with Crippen LogP contribution in [0.5, 0.6) is 23.0 Å². The van der Waals surface area contributed by atoms with Crippen molar-refractivity contribution in [3.05, 3.63) is 352 Å². The lowest BCUT2D eigenvalue weighted by Crippen LogP contribution is -2.03. The molecular weight excluding hydrogens is 1670 g/mol. The minimum absolute atomic E-state index is 0.0320. The summed E-state index contributed by atoms with van der Waals surface area (Å²) >= 11 is 5.55. The number of ketones is 4. The largest absolute Gasteiger partial charge is 0.508 e. The van der Waals surface area contributed by atoms with Crippen molar-refractivity contribution in [1.82, 2.24) is 0 Å². The first kappa shape index (κ1) is 85.4. The van der Waals surface area contributed by atoms with Crippen LogP contribution in [-0.2, 0) is 19.2 Å². The fourth-order valence-corrected chi connectivity index (χ4v) is 22.4. The highest BCUT2D eigenvalue weighted by Gasteiger charge is 2.47. The summed E-state index contributed by atoms with van der Waals surface area (Å²) in [7, 11) is 0. The quantitative estimate of drug-likeness (QED) is 0.0329. The predicted octanol–water partition coefficient (Wildman–Crippen LogP) is 24.9. The molecule has 0 bridgehead atoms. The van der Waals surface area contributed by atoms with E-state index >= 15 is 0 Å². The maximum Gasteiger partial charge on any atom is 0.307 e. The van der Waals surface area contributed by atoms with E-state index in [1.54, 1.807) is 48.5 Å². The van der Waals surface area contributed by atoms with Gasteiger partial charge in [-0.25, -0.2) is 0 Å². The average Bonchev–Trinajstić information content (AvgIpc) is 1.62. The number of phenolic OH excluding ortho intramolecular Hbond substituents is 4. The van der Waals surface area contributed by atoms with Crippen molar-refractivity contribution in [2.24, 2.45) is 23.7 Å². The fourth-order valence-electron chi connectivity index (χ4n) is 17.6. The van der Waals surface area contributed by atoms with E-state index in [2.05, 4.69) is 0 Å². The standard InChI is InChI=1S/3C27H22O4S.C26H20O4S/c3*1-14-3-9-19(15(2)11-14)25(29)26-24(20-10-8-18(28)12-23(20)32-26)17-6-4-16(5-7-17)21-13-22(21)27(30)31;1-14-4-2-3-5-18(14)24(28)25-23(19-11-10-17(27)12-22(19)31-25)16-8-6-15(7-9-16)20-13-21(20)26(29)30/h3*3-12,21-22,28H,13H2,1-2H3,(H,30,31);2-12,20-21,27H,13H2,1H3,(H,29,30). The first-order valence-corrected chi connectivity index (χ1v) is 45.0. The smallest absolute Gasteiger partial charge is 0.307 e. The summed E-state index contributed by atoms with van der Waals surface area (Å²) in [5.74, 6) is -3.39. The third-order valence-corrected chi connectivity index (χ3v) is 29.3. The number of phenols is 4. The van der Waals surface area contributed by atoms with Crippen LogP contribution in [0, 0.1) is 72.1 Å². The Kier molecular flexibility index (Phi) is 23.3. The van der Waals surface area contributed by atoms with Gasteiger partial charge < -0.3 is 40.9 Å². The third-order valence-electron chi connectivity index (χ3n) is 24.7. The molecule has 127 heavy (non-hydrogen) atoms. The molecule has 0 amide bonds.